The summed E-state index contributed by atoms with van der Waals surface area (Å²) in [4.78, 5) is 25.4. The van der Waals surface area contributed by atoms with E-state index in [4.69, 9.17) is 9.47 Å². The molecule has 0 N–H and O–H groups in total. The molecule has 1 fully saturated rings. The molecule has 0 aromatic rings. The Bertz CT molecular complexity index is 520. The van der Waals surface area contributed by atoms with Crippen molar-refractivity contribution in [1.29, 1.82) is 0 Å². The molecule has 2 bridgehead atoms. The fourth-order valence-electron chi connectivity index (χ4n) is 3.92. The maximum absolute atomic E-state index is 12.4. The van der Waals surface area contributed by atoms with Crippen LogP contribution in [0.25, 0.3) is 0 Å². The Kier molecular flexibility index (Phi) is 4.52. The van der Waals surface area contributed by atoms with E-state index >= 15 is 0 Å². The molecule has 0 radical (unpaired) electrons. The van der Waals surface area contributed by atoms with Crippen molar-refractivity contribution in [2.24, 2.45) is 23.7 Å². The number of allylic oxidation sites excluding steroid dienone is 2. The van der Waals surface area contributed by atoms with Crippen LogP contribution in [-0.4, -0.2) is 34.8 Å². The molecule has 4 aliphatic rings. The van der Waals surface area contributed by atoms with E-state index in [-0.39, 0.29) is 23.8 Å². The van der Waals surface area contributed by atoms with E-state index in [0.29, 0.717) is 45.9 Å². The molecule has 4 aliphatic carbocycles. The van der Waals surface area contributed by atoms with Crippen molar-refractivity contribution in [2.45, 2.75) is 23.5 Å². The van der Waals surface area contributed by atoms with Crippen LogP contribution < -0.4 is 0 Å². The van der Waals surface area contributed by atoms with Gasteiger partial charge in [-0.15, -0.1) is 0 Å². The number of hydrogen-bond donors (Lipinski definition) is 0. The average Bonchev–Trinajstić information content (AvgIpc) is 2.53. The van der Waals surface area contributed by atoms with Crippen molar-refractivity contribution >= 4 is 43.8 Å². The Labute approximate surface area is 146 Å². The second kappa shape index (κ2) is 6.11. The molecule has 0 saturated heterocycles. The Hall–Kier alpha value is -0.620. The smallest absolute Gasteiger partial charge is 0.335 e. The number of rotatable bonds is 4. The number of carbonyl (C=O) groups excluding carboxylic acids is 2. The largest absolute Gasteiger partial charge is 0.463 e. The third-order valence-corrected chi connectivity index (χ3v) is 7.86. The molecule has 0 aromatic heterocycles. The van der Waals surface area contributed by atoms with Gasteiger partial charge >= 0.3 is 11.9 Å². The molecule has 0 amide bonds. The summed E-state index contributed by atoms with van der Waals surface area (Å²) in [7, 11) is 0. The Morgan fingerprint density at radius 1 is 0.909 bits per heavy atom. The maximum Gasteiger partial charge on any atom is 0.335 e. The first-order valence-corrected chi connectivity index (χ1v) is 9.40. The van der Waals surface area contributed by atoms with Crippen molar-refractivity contribution in [3.8, 4) is 0 Å². The highest BCUT2D eigenvalue weighted by Crippen LogP contribution is 2.61. The lowest BCUT2D eigenvalue weighted by molar-refractivity contribution is -0.144. The molecule has 120 valence electrons. The number of esters is 2. The van der Waals surface area contributed by atoms with Crippen LogP contribution in [-0.2, 0) is 19.1 Å². The summed E-state index contributed by atoms with van der Waals surface area (Å²) in [5.41, 5.74) is 0.996. The lowest BCUT2D eigenvalue weighted by Gasteiger charge is -2.58. The van der Waals surface area contributed by atoms with Crippen molar-refractivity contribution in [3.05, 3.63) is 23.3 Å². The predicted octanol–water partition coefficient (Wildman–Crippen LogP) is 3.00. The highest BCUT2D eigenvalue weighted by atomic mass is 79.9. The molecular weight excluding hydrogens is 416 g/mol. The quantitative estimate of drug-likeness (QED) is 0.388. The van der Waals surface area contributed by atoms with E-state index in [1.807, 2.05) is 12.2 Å². The topological polar surface area (TPSA) is 52.6 Å². The third kappa shape index (κ3) is 2.21. The summed E-state index contributed by atoms with van der Waals surface area (Å²) >= 11 is 7.40. The van der Waals surface area contributed by atoms with Crippen molar-refractivity contribution in [2.75, 3.05) is 13.2 Å². The first-order chi connectivity index (χ1) is 10.5. The van der Waals surface area contributed by atoms with Gasteiger partial charge in [-0.3, -0.25) is 0 Å². The second-order valence-electron chi connectivity index (χ2n) is 5.75. The molecule has 6 heteroatoms. The molecular formula is C16H18Br2O4. The van der Waals surface area contributed by atoms with E-state index in [9.17, 15) is 9.59 Å². The average molecular weight is 434 g/mol. The van der Waals surface area contributed by atoms with Gasteiger partial charge < -0.3 is 9.47 Å². The minimum absolute atomic E-state index is 0.0772. The molecule has 0 aliphatic heterocycles. The van der Waals surface area contributed by atoms with Gasteiger partial charge in [0.1, 0.15) is 0 Å². The number of ether oxygens (including phenoxy) is 2. The van der Waals surface area contributed by atoms with E-state index in [1.54, 1.807) is 13.8 Å². The van der Waals surface area contributed by atoms with Crippen LogP contribution in [0.4, 0.5) is 0 Å². The lowest BCUT2D eigenvalue weighted by atomic mass is 9.51. The first-order valence-electron chi connectivity index (χ1n) is 7.57. The minimum atomic E-state index is -0.388. The van der Waals surface area contributed by atoms with Gasteiger partial charge in [-0.1, -0.05) is 44.0 Å². The van der Waals surface area contributed by atoms with Crippen LogP contribution >= 0.6 is 31.9 Å². The zero-order chi connectivity index (χ0) is 16.0. The molecule has 0 unspecified atom stereocenters. The molecule has 1 saturated carbocycles. The van der Waals surface area contributed by atoms with Crippen LogP contribution in [0.3, 0.4) is 0 Å². The number of alkyl halides is 2. The monoisotopic (exact) mass is 432 g/mol. The zero-order valence-electron chi connectivity index (χ0n) is 12.4. The molecule has 6 atom stereocenters. The van der Waals surface area contributed by atoms with Crippen LogP contribution in [0.1, 0.15) is 13.8 Å². The van der Waals surface area contributed by atoms with Gasteiger partial charge in [-0.25, -0.2) is 9.59 Å². The normalized spacial score (nSPS) is 38.4. The third-order valence-electron chi connectivity index (χ3n) is 4.79. The van der Waals surface area contributed by atoms with E-state index < -0.39 is 0 Å². The van der Waals surface area contributed by atoms with Gasteiger partial charge in [0.05, 0.1) is 24.4 Å². The highest BCUT2D eigenvalue weighted by Gasteiger charge is 2.61. The van der Waals surface area contributed by atoms with Crippen LogP contribution in [0.2, 0.25) is 0 Å². The number of halogens is 2. The van der Waals surface area contributed by atoms with Crippen molar-refractivity contribution in [1.82, 2.24) is 0 Å². The maximum atomic E-state index is 12.4. The van der Waals surface area contributed by atoms with Gasteiger partial charge in [-0.2, -0.15) is 0 Å². The number of hydrogen-bond acceptors (Lipinski definition) is 4. The van der Waals surface area contributed by atoms with Crippen molar-refractivity contribution in [3.63, 3.8) is 0 Å². The molecule has 4 nitrogen and oxygen atoms in total. The summed E-state index contributed by atoms with van der Waals surface area (Å²) in [5, 5.41) is 0. The minimum Gasteiger partial charge on any atom is -0.463 e. The zero-order valence-corrected chi connectivity index (χ0v) is 15.6. The SMILES string of the molecule is CCOC(=O)C1=C(C(=O)OCC)[C@H]2C=C[C@H]1[C@@H]1[C@H](Br)[C@H](Br)[C@@H]12. The first kappa shape index (κ1) is 16.2. The highest BCUT2D eigenvalue weighted by molar-refractivity contribution is 9.12. The van der Waals surface area contributed by atoms with Crippen LogP contribution in [0.15, 0.2) is 23.3 Å². The second-order valence-corrected chi connectivity index (χ2v) is 7.86. The summed E-state index contributed by atoms with van der Waals surface area (Å²) in [6.07, 6.45) is 4.10. The van der Waals surface area contributed by atoms with Crippen LogP contribution in [0.5, 0.6) is 0 Å². The summed E-state index contributed by atoms with van der Waals surface area (Å²) in [6, 6.07) is 0. The lowest BCUT2D eigenvalue weighted by Crippen LogP contribution is -2.60. The molecule has 0 spiro atoms. The van der Waals surface area contributed by atoms with Crippen LogP contribution in [0, 0.1) is 23.7 Å². The van der Waals surface area contributed by atoms with Gasteiger partial charge in [0, 0.05) is 21.5 Å². The molecule has 0 heterocycles. The van der Waals surface area contributed by atoms with E-state index in [2.05, 4.69) is 31.9 Å². The van der Waals surface area contributed by atoms with E-state index in [1.165, 1.54) is 0 Å². The Morgan fingerprint density at radius 2 is 1.27 bits per heavy atom. The molecule has 4 rings (SSSR count). The summed E-state index contributed by atoms with van der Waals surface area (Å²) in [5.74, 6) is -0.297. The van der Waals surface area contributed by atoms with E-state index in [0.717, 1.165) is 0 Å². The molecule has 22 heavy (non-hydrogen) atoms. The standard InChI is InChI=1S/C16H18Br2O4/c1-3-21-15(19)11-7-5-6-8(12(11)16(20)22-4-2)10-9(7)13(17)14(10)18/h5-10,13-14H,3-4H2,1-2H3/t7-,8-,9-,10+,13-,14+/m0/s1. The fraction of sp³-hybridized carbons (Fsp3) is 0.625. The fourth-order valence-corrected chi connectivity index (χ4v) is 5.99. The predicted molar refractivity (Wildman–Crippen MR) is 88.8 cm³/mol. The van der Waals surface area contributed by atoms with Gasteiger partial charge in [0.15, 0.2) is 0 Å². The molecule has 0 aromatic carbocycles. The van der Waals surface area contributed by atoms with Gasteiger partial charge in [-0.05, 0) is 25.7 Å². The summed E-state index contributed by atoms with van der Waals surface area (Å²) in [6.45, 7) is 4.14. The summed E-state index contributed by atoms with van der Waals surface area (Å²) < 4.78 is 10.4. The Morgan fingerprint density at radius 3 is 1.59 bits per heavy atom. The Balaban J connectivity index is 2.05. The number of carbonyl (C=O) groups is 2. The van der Waals surface area contributed by atoms with Gasteiger partial charge in [0.2, 0.25) is 0 Å². The van der Waals surface area contributed by atoms with Crippen molar-refractivity contribution < 1.29 is 19.1 Å². The van der Waals surface area contributed by atoms with Gasteiger partial charge in [0.25, 0.3) is 0 Å².